The quantitative estimate of drug-likeness (QED) is 0.656. The van der Waals surface area contributed by atoms with Gasteiger partial charge < -0.3 is 14.5 Å². The number of benzene rings is 2. The molecule has 8 heteroatoms. The molecule has 0 saturated carbocycles. The zero-order valence-electron chi connectivity index (χ0n) is 14.3. The van der Waals surface area contributed by atoms with E-state index in [0.29, 0.717) is 23.1 Å². The van der Waals surface area contributed by atoms with Gasteiger partial charge in [0.25, 0.3) is 5.91 Å². The van der Waals surface area contributed by atoms with Crippen LogP contribution in [0.3, 0.4) is 0 Å². The molecule has 0 radical (unpaired) electrons. The summed E-state index contributed by atoms with van der Waals surface area (Å²) in [5, 5.41) is 2.74. The normalized spacial score (nSPS) is 11.2. The molecule has 3 rings (SSSR count). The molecule has 0 unspecified atom stereocenters. The number of rotatable bonds is 6. The Bertz CT molecular complexity index is 1040. The third kappa shape index (κ3) is 4.32. The Balaban J connectivity index is 1.76. The number of amides is 1. The van der Waals surface area contributed by atoms with Gasteiger partial charge in [-0.25, -0.2) is 8.42 Å². The topological polar surface area (TPSA) is 85.6 Å². The first kappa shape index (κ1) is 19.0. The van der Waals surface area contributed by atoms with E-state index in [2.05, 4.69) is 5.32 Å². The minimum absolute atomic E-state index is 0.0275. The molecule has 0 spiro atoms. The SMILES string of the molecule is CCOc1ccc(NC(=O)c2ccc(S(=O)(=O)c3ccc(Cl)cc3)o2)cc1. The molecule has 27 heavy (non-hydrogen) atoms. The predicted octanol–water partition coefficient (Wildman–Crippen LogP) is 4.42. The van der Waals surface area contributed by atoms with E-state index in [1.165, 1.54) is 36.4 Å². The van der Waals surface area contributed by atoms with Gasteiger partial charge >= 0.3 is 0 Å². The van der Waals surface area contributed by atoms with Crippen LogP contribution in [0.4, 0.5) is 5.69 Å². The van der Waals surface area contributed by atoms with Crippen LogP contribution in [-0.4, -0.2) is 20.9 Å². The summed E-state index contributed by atoms with van der Waals surface area (Å²) in [5.41, 5.74) is 0.530. The van der Waals surface area contributed by atoms with Crippen LogP contribution < -0.4 is 10.1 Å². The summed E-state index contributed by atoms with van der Waals surface area (Å²) in [5.74, 6) is 0.0120. The Kier molecular flexibility index (Phi) is 5.53. The van der Waals surface area contributed by atoms with Crippen LogP contribution in [0.15, 0.2) is 75.1 Å². The van der Waals surface area contributed by atoms with E-state index in [1.807, 2.05) is 6.92 Å². The molecule has 1 heterocycles. The highest BCUT2D eigenvalue weighted by Crippen LogP contribution is 2.25. The molecule has 0 bridgehead atoms. The second kappa shape index (κ2) is 7.85. The summed E-state index contributed by atoms with van der Waals surface area (Å²) in [6.45, 7) is 2.42. The molecule has 0 atom stereocenters. The van der Waals surface area contributed by atoms with Crippen molar-refractivity contribution in [1.82, 2.24) is 0 Å². The van der Waals surface area contributed by atoms with E-state index in [1.54, 1.807) is 24.3 Å². The summed E-state index contributed by atoms with van der Waals surface area (Å²) in [4.78, 5) is 12.3. The molecule has 140 valence electrons. The Labute approximate surface area is 161 Å². The van der Waals surface area contributed by atoms with Crippen LogP contribution in [-0.2, 0) is 9.84 Å². The lowest BCUT2D eigenvalue weighted by Gasteiger charge is -2.06. The Hall–Kier alpha value is -2.77. The van der Waals surface area contributed by atoms with E-state index in [0.717, 1.165) is 0 Å². The van der Waals surface area contributed by atoms with Gasteiger partial charge in [-0.2, -0.15) is 0 Å². The molecular weight excluding hydrogens is 390 g/mol. The Morgan fingerprint density at radius 2 is 1.70 bits per heavy atom. The minimum atomic E-state index is -3.88. The highest BCUT2D eigenvalue weighted by atomic mass is 35.5. The number of carbonyl (C=O) groups excluding carboxylic acids is 1. The molecule has 3 aromatic rings. The van der Waals surface area contributed by atoms with E-state index in [-0.39, 0.29) is 15.7 Å². The van der Waals surface area contributed by atoms with Crippen LogP contribution in [0.25, 0.3) is 0 Å². The van der Waals surface area contributed by atoms with Crippen molar-refractivity contribution < 1.29 is 22.4 Å². The molecule has 0 aliphatic rings. The lowest BCUT2D eigenvalue weighted by atomic mass is 10.3. The average Bonchev–Trinajstić information content (AvgIpc) is 3.15. The lowest BCUT2D eigenvalue weighted by molar-refractivity contribution is 0.0991. The van der Waals surface area contributed by atoms with Gasteiger partial charge in [-0.15, -0.1) is 0 Å². The predicted molar refractivity (Wildman–Crippen MR) is 101 cm³/mol. The number of furan rings is 1. The highest BCUT2D eigenvalue weighted by Gasteiger charge is 2.23. The second-order valence-corrected chi connectivity index (χ2v) is 7.80. The first-order valence-corrected chi connectivity index (χ1v) is 9.91. The molecule has 0 saturated heterocycles. The third-order valence-corrected chi connectivity index (χ3v) is 5.51. The Morgan fingerprint density at radius 3 is 2.33 bits per heavy atom. The molecule has 1 amide bonds. The molecule has 0 aliphatic heterocycles. The van der Waals surface area contributed by atoms with Gasteiger partial charge in [-0.05, 0) is 67.6 Å². The average molecular weight is 406 g/mol. The highest BCUT2D eigenvalue weighted by molar-refractivity contribution is 7.91. The first-order valence-electron chi connectivity index (χ1n) is 8.05. The first-order chi connectivity index (χ1) is 12.9. The second-order valence-electron chi connectivity index (χ2n) is 5.49. The van der Waals surface area contributed by atoms with Crippen molar-refractivity contribution >= 4 is 33.0 Å². The van der Waals surface area contributed by atoms with Gasteiger partial charge in [0.2, 0.25) is 14.9 Å². The molecule has 0 fully saturated rings. The number of ether oxygens (including phenoxy) is 1. The minimum Gasteiger partial charge on any atom is -0.494 e. The van der Waals surface area contributed by atoms with Crippen LogP contribution >= 0.6 is 11.6 Å². The molecule has 1 N–H and O–H groups in total. The fourth-order valence-corrected chi connectivity index (χ4v) is 3.61. The maximum atomic E-state index is 12.6. The van der Waals surface area contributed by atoms with E-state index >= 15 is 0 Å². The van der Waals surface area contributed by atoms with E-state index in [9.17, 15) is 13.2 Å². The lowest BCUT2D eigenvalue weighted by Crippen LogP contribution is -2.11. The summed E-state index contributed by atoms with van der Waals surface area (Å²) < 4.78 is 35.7. The molecule has 6 nitrogen and oxygen atoms in total. The zero-order valence-corrected chi connectivity index (χ0v) is 15.9. The number of halogens is 1. The van der Waals surface area contributed by atoms with Gasteiger partial charge in [0.05, 0.1) is 11.5 Å². The molecular formula is C19H16ClNO5S. The van der Waals surface area contributed by atoms with Gasteiger partial charge in [0, 0.05) is 10.7 Å². The fraction of sp³-hybridized carbons (Fsp3) is 0.105. The standard InChI is InChI=1S/C19H16ClNO5S/c1-2-25-15-7-5-14(6-8-15)21-19(22)17-11-12-18(26-17)27(23,24)16-9-3-13(20)4-10-16/h3-12H,2H2,1H3,(H,21,22). The molecule has 2 aromatic carbocycles. The Morgan fingerprint density at radius 1 is 1.04 bits per heavy atom. The number of hydrogen-bond donors (Lipinski definition) is 1. The zero-order chi connectivity index (χ0) is 19.4. The largest absolute Gasteiger partial charge is 0.494 e. The van der Waals surface area contributed by atoms with Crippen LogP contribution in [0.1, 0.15) is 17.5 Å². The number of anilines is 1. The molecule has 0 aliphatic carbocycles. The van der Waals surface area contributed by atoms with E-state index < -0.39 is 15.7 Å². The van der Waals surface area contributed by atoms with Crippen LogP contribution in [0, 0.1) is 0 Å². The van der Waals surface area contributed by atoms with Crippen molar-refractivity contribution in [2.24, 2.45) is 0 Å². The number of sulfone groups is 1. The van der Waals surface area contributed by atoms with Gasteiger partial charge in [0.1, 0.15) is 5.75 Å². The summed E-state index contributed by atoms with van der Waals surface area (Å²) in [6, 6.07) is 15.0. The fourth-order valence-electron chi connectivity index (χ4n) is 2.31. The maximum absolute atomic E-state index is 12.6. The third-order valence-electron chi connectivity index (χ3n) is 3.62. The van der Waals surface area contributed by atoms with Crippen LogP contribution in [0.2, 0.25) is 5.02 Å². The van der Waals surface area contributed by atoms with E-state index in [4.69, 9.17) is 20.8 Å². The number of carbonyl (C=O) groups is 1. The van der Waals surface area contributed by atoms with Gasteiger partial charge in [0.15, 0.2) is 5.76 Å². The maximum Gasteiger partial charge on any atom is 0.291 e. The van der Waals surface area contributed by atoms with Crippen molar-refractivity contribution in [3.8, 4) is 5.75 Å². The number of hydrogen-bond acceptors (Lipinski definition) is 5. The van der Waals surface area contributed by atoms with Crippen molar-refractivity contribution in [3.05, 3.63) is 71.4 Å². The van der Waals surface area contributed by atoms with Crippen molar-refractivity contribution in [2.75, 3.05) is 11.9 Å². The molecule has 1 aromatic heterocycles. The van der Waals surface area contributed by atoms with Gasteiger partial charge in [-0.3, -0.25) is 4.79 Å². The smallest absolute Gasteiger partial charge is 0.291 e. The number of nitrogens with one attached hydrogen (secondary N) is 1. The summed E-state index contributed by atoms with van der Waals surface area (Å²) in [7, 11) is -3.88. The van der Waals surface area contributed by atoms with Crippen molar-refractivity contribution in [3.63, 3.8) is 0 Å². The van der Waals surface area contributed by atoms with Gasteiger partial charge in [-0.1, -0.05) is 11.6 Å². The summed E-state index contributed by atoms with van der Waals surface area (Å²) >= 11 is 5.78. The monoisotopic (exact) mass is 405 g/mol. The summed E-state index contributed by atoms with van der Waals surface area (Å²) in [6.07, 6.45) is 0. The van der Waals surface area contributed by atoms with Crippen molar-refractivity contribution in [2.45, 2.75) is 16.9 Å². The van der Waals surface area contributed by atoms with Crippen molar-refractivity contribution in [1.29, 1.82) is 0 Å². The van der Waals surface area contributed by atoms with Crippen LogP contribution in [0.5, 0.6) is 5.75 Å².